The number of halogens is 2. The molecule has 0 aliphatic rings. The number of rotatable bonds is 4. The number of benzene rings is 1. The van der Waals surface area contributed by atoms with Crippen molar-refractivity contribution in [3.8, 4) is 0 Å². The number of nitrogens with zero attached hydrogens (tertiary/aromatic N) is 1. The molecule has 2 N–H and O–H groups in total. The minimum Gasteiger partial charge on any atom is -0.480 e. The van der Waals surface area contributed by atoms with E-state index < -0.39 is 5.97 Å². The van der Waals surface area contributed by atoms with Crippen molar-refractivity contribution in [1.29, 1.82) is 0 Å². The molecule has 4 nitrogen and oxygen atoms in total. The van der Waals surface area contributed by atoms with Gasteiger partial charge < -0.3 is 15.3 Å². The van der Waals surface area contributed by atoms with Crippen LogP contribution in [0.15, 0.2) is 24.3 Å². The third-order valence-electron chi connectivity index (χ3n) is 1.81. The van der Waals surface area contributed by atoms with Crippen LogP contribution in [0.3, 0.4) is 0 Å². The topological polar surface area (TPSA) is 52.6 Å². The molecule has 0 spiro atoms. The van der Waals surface area contributed by atoms with E-state index in [0.717, 1.165) is 11.4 Å². The average molecular weight is 267 g/mol. The van der Waals surface area contributed by atoms with Gasteiger partial charge in [0.2, 0.25) is 0 Å². The van der Waals surface area contributed by atoms with Crippen molar-refractivity contribution < 1.29 is 9.90 Å². The van der Waals surface area contributed by atoms with E-state index >= 15 is 0 Å². The Morgan fingerprint density at radius 2 is 2.00 bits per heavy atom. The average Bonchev–Trinajstić information content (AvgIpc) is 2.15. The van der Waals surface area contributed by atoms with Crippen molar-refractivity contribution in [2.45, 2.75) is 0 Å². The molecule has 0 aliphatic carbocycles. The highest BCUT2D eigenvalue weighted by molar-refractivity contribution is 5.85. The van der Waals surface area contributed by atoms with Crippen molar-refractivity contribution in [1.82, 2.24) is 0 Å². The molecule has 0 heterocycles. The van der Waals surface area contributed by atoms with Gasteiger partial charge in [0.25, 0.3) is 0 Å². The summed E-state index contributed by atoms with van der Waals surface area (Å²) < 4.78 is 0. The molecular weight excluding hydrogens is 251 g/mol. The second-order valence-electron chi connectivity index (χ2n) is 3.19. The van der Waals surface area contributed by atoms with Crippen LogP contribution in [0.5, 0.6) is 0 Å². The fraction of sp³-hybridized carbons (Fsp3) is 0.300. The van der Waals surface area contributed by atoms with E-state index in [1.807, 2.05) is 43.3 Å². The van der Waals surface area contributed by atoms with Crippen LogP contribution in [0, 0.1) is 0 Å². The number of aliphatic carboxylic acids is 1. The predicted octanol–water partition coefficient (Wildman–Crippen LogP) is 2.09. The van der Waals surface area contributed by atoms with E-state index in [1.54, 1.807) is 0 Å². The Labute approximate surface area is 107 Å². The van der Waals surface area contributed by atoms with Crippen molar-refractivity contribution in [2.75, 3.05) is 30.9 Å². The lowest BCUT2D eigenvalue weighted by Gasteiger charge is -2.13. The number of nitrogens with one attached hydrogen (secondary N) is 1. The first kappa shape index (κ1) is 17.3. The van der Waals surface area contributed by atoms with E-state index in [0.29, 0.717) is 0 Å². The molecule has 1 rings (SSSR count). The zero-order chi connectivity index (χ0) is 10.6. The molecule has 0 aromatic heterocycles. The smallest absolute Gasteiger partial charge is 0.322 e. The first-order valence-corrected chi connectivity index (χ1v) is 4.32. The number of carboxylic acid groups (broad SMARTS) is 1. The van der Waals surface area contributed by atoms with Gasteiger partial charge in [0.15, 0.2) is 0 Å². The molecule has 6 heteroatoms. The third kappa shape index (κ3) is 5.68. The molecule has 0 atom stereocenters. The van der Waals surface area contributed by atoms with Gasteiger partial charge in [0, 0.05) is 25.5 Å². The molecule has 0 aliphatic heterocycles. The predicted molar refractivity (Wildman–Crippen MR) is 71.4 cm³/mol. The SMILES string of the molecule is CN(C)c1cccc(NCC(=O)O)c1.Cl.Cl. The summed E-state index contributed by atoms with van der Waals surface area (Å²) in [5.41, 5.74) is 1.86. The van der Waals surface area contributed by atoms with E-state index in [1.165, 1.54) is 0 Å². The van der Waals surface area contributed by atoms with Crippen LogP contribution in [-0.2, 0) is 4.79 Å². The van der Waals surface area contributed by atoms with Crippen LogP contribution >= 0.6 is 24.8 Å². The van der Waals surface area contributed by atoms with Gasteiger partial charge in [-0.3, -0.25) is 4.79 Å². The summed E-state index contributed by atoms with van der Waals surface area (Å²) in [5, 5.41) is 11.3. The quantitative estimate of drug-likeness (QED) is 0.877. The number of hydrogen-bond acceptors (Lipinski definition) is 3. The zero-order valence-electron chi connectivity index (χ0n) is 9.14. The highest BCUT2D eigenvalue weighted by atomic mass is 35.5. The van der Waals surface area contributed by atoms with Crippen molar-refractivity contribution >= 4 is 42.2 Å². The fourth-order valence-electron chi connectivity index (χ4n) is 1.07. The van der Waals surface area contributed by atoms with Crippen molar-refractivity contribution in [2.24, 2.45) is 0 Å². The van der Waals surface area contributed by atoms with Crippen LogP contribution in [-0.4, -0.2) is 31.7 Å². The summed E-state index contributed by atoms with van der Waals surface area (Å²) in [4.78, 5) is 12.3. The normalized spacial score (nSPS) is 8.38. The fourth-order valence-corrected chi connectivity index (χ4v) is 1.07. The van der Waals surface area contributed by atoms with Gasteiger partial charge >= 0.3 is 5.97 Å². The molecule has 0 saturated heterocycles. The highest BCUT2D eigenvalue weighted by Crippen LogP contribution is 2.16. The summed E-state index contributed by atoms with van der Waals surface area (Å²) in [7, 11) is 3.88. The van der Waals surface area contributed by atoms with E-state index in [4.69, 9.17) is 5.11 Å². The maximum Gasteiger partial charge on any atom is 0.322 e. The van der Waals surface area contributed by atoms with Crippen LogP contribution < -0.4 is 10.2 Å². The van der Waals surface area contributed by atoms with Gasteiger partial charge in [0.05, 0.1) is 0 Å². The van der Waals surface area contributed by atoms with E-state index in [-0.39, 0.29) is 31.4 Å². The molecule has 0 unspecified atom stereocenters. The van der Waals surface area contributed by atoms with Gasteiger partial charge in [-0.2, -0.15) is 0 Å². The number of anilines is 2. The summed E-state index contributed by atoms with van der Waals surface area (Å²) in [6, 6.07) is 7.60. The van der Waals surface area contributed by atoms with Crippen LogP contribution in [0.1, 0.15) is 0 Å². The first-order chi connectivity index (χ1) is 6.59. The minimum atomic E-state index is -0.861. The number of carbonyl (C=O) groups is 1. The third-order valence-corrected chi connectivity index (χ3v) is 1.81. The van der Waals surface area contributed by atoms with Gasteiger partial charge in [-0.25, -0.2) is 0 Å². The molecule has 0 fully saturated rings. The van der Waals surface area contributed by atoms with E-state index in [2.05, 4.69) is 5.32 Å². The van der Waals surface area contributed by atoms with Crippen molar-refractivity contribution in [3.63, 3.8) is 0 Å². The lowest BCUT2D eigenvalue weighted by molar-refractivity contribution is -0.134. The summed E-state index contributed by atoms with van der Waals surface area (Å²) >= 11 is 0. The molecule has 16 heavy (non-hydrogen) atoms. The lowest BCUT2D eigenvalue weighted by atomic mass is 10.2. The summed E-state index contributed by atoms with van der Waals surface area (Å²) in [5.74, 6) is -0.861. The van der Waals surface area contributed by atoms with Gasteiger partial charge in [-0.1, -0.05) is 6.07 Å². The summed E-state index contributed by atoms with van der Waals surface area (Å²) in [6.07, 6.45) is 0. The Morgan fingerprint density at radius 1 is 1.38 bits per heavy atom. The molecule has 0 amide bonds. The van der Waals surface area contributed by atoms with Crippen LogP contribution in [0.25, 0.3) is 0 Å². The second-order valence-corrected chi connectivity index (χ2v) is 3.19. The molecule has 0 bridgehead atoms. The Balaban J connectivity index is 0. The Morgan fingerprint density at radius 3 is 2.50 bits per heavy atom. The van der Waals surface area contributed by atoms with Gasteiger partial charge in [0.1, 0.15) is 6.54 Å². The van der Waals surface area contributed by atoms with Crippen molar-refractivity contribution in [3.05, 3.63) is 24.3 Å². The van der Waals surface area contributed by atoms with Crippen LogP contribution in [0.4, 0.5) is 11.4 Å². The largest absolute Gasteiger partial charge is 0.480 e. The van der Waals surface area contributed by atoms with Gasteiger partial charge in [-0.15, -0.1) is 24.8 Å². The zero-order valence-corrected chi connectivity index (χ0v) is 10.8. The molecular formula is C10H16Cl2N2O2. The molecule has 1 aromatic rings. The molecule has 92 valence electrons. The molecule has 1 aromatic carbocycles. The molecule has 0 saturated carbocycles. The lowest BCUT2D eigenvalue weighted by Crippen LogP contribution is -2.13. The summed E-state index contributed by atoms with van der Waals surface area (Å²) in [6.45, 7) is -0.0586. The second kappa shape index (κ2) is 8.07. The molecule has 0 radical (unpaired) electrons. The number of carboxylic acids is 1. The maximum atomic E-state index is 10.3. The first-order valence-electron chi connectivity index (χ1n) is 4.32. The minimum absolute atomic E-state index is 0. The van der Waals surface area contributed by atoms with Crippen LogP contribution in [0.2, 0.25) is 0 Å². The maximum absolute atomic E-state index is 10.3. The van der Waals surface area contributed by atoms with E-state index in [9.17, 15) is 4.79 Å². The Bertz CT molecular complexity index is 332. The monoisotopic (exact) mass is 266 g/mol. The Hall–Kier alpha value is -1.13. The highest BCUT2D eigenvalue weighted by Gasteiger charge is 1.99. The Kier molecular flexibility index (Phi) is 8.71. The standard InChI is InChI=1S/C10H14N2O2.2ClH/c1-12(2)9-5-3-4-8(6-9)11-7-10(13)14;;/h3-6,11H,7H2,1-2H3,(H,13,14);2*1H. The van der Waals surface area contributed by atoms with Gasteiger partial charge in [-0.05, 0) is 18.2 Å². The number of hydrogen-bond donors (Lipinski definition) is 2.